The molecule has 2 aromatic heterocycles. The fraction of sp³-hybridized carbons (Fsp3) is 0.471. The number of hydrogen-bond acceptors (Lipinski definition) is 10. The zero-order valence-corrected chi connectivity index (χ0v) is 26.9. The lowest BCUT2D eigenvalue weighted by atomic mass is 10.1. The van der Waals surface area contributed by atoms with Crippen molar-refractivity contribution in [3.05, 3.63) is 59.8 Å². The topological polar surface area (TPSA) is 99.6 Å². The van der Waals surface area contributed by atoms with Gasteiger partial charge in [-0.1, -0.05) is 35.9 Å². The van der Waals surface area contributed by atoms with Crippen molar-refractivity contribution in [2.75, 3.05) is 92.5 Å². The quantitative estimate of drug-likeness (QED) is 0.0544. The Morgan fingerprint density at radius 2 is 0.911 bits per heavy atom. The zero-order chi connectivity index (χ0) is 31.5. The molecule has 0 fully saturated rings. The molecule has 0 saturated carbocycles. The third kappa shape index (κ3) is 11.3. The molecule has 0 aliphatic rings. The second-order valence-electron chi connectivity index (χ2n) is 9.71. The van der Waals surface area contributed by atoms with E-state index in [1.165, 1.54) is 0 Å². The van der Waals surface area contributed by atoms with Gasteiger partial charge >= 0.3 is 0 Å². The predicted octanol–water partition coefficient (Wildman–Crippen LogP) is 6.00. The summed E-state index contributed by atoms with van der Waals surface area (Å²) < 4.78 is 45.4. The first kappa shape index (κ1) is 34.8. The molecule has 0 unspecified atom stereocenters. The van der Waals surface area contributed by atoms with Crippen LogP contribution in [0.3, 0.4) is 0 Å². The van der Waals surface area contributed by atoms with Crippen LogP contribution in [-0.2, 0) is 28.4 Å². The maximum Gasteiger partial charge on any atom is 0.132 e. The van der Waals surface area contributed by atoms with E-state index in [9.17, 15) is 0 Å². The van der Waals surface area contributed by atoms with E-state index in [1.54, 1.807) is 6.07 Å². The largest absolute Gasteiger partial charge is 0.490 e. The first-order chi connectivity index (χ1) is 22.2. The van der Waals surface area contributed by atoms with Crippen LogP contribution in [0.1, 0.15) is 13.8 Å². The minimum atomic E-state index is 0.343. The van der Waals surface area contributed by atoms with Crippen molar-refractivity contribution in [3.8, 4) is 22.8 Å². The molecule has 0 aliphatic heterocycles. The summed E-state index contributed by atoms with van der Waals surface area (Å²) in [7, 11) is 0. The van der Waals surface area contributed by atoms with Crippen molar-refractivity contribution in [3.63, 3.8) is 0 Å². The second kappa shape index (κ2) is 20.1. The lowest BCUT2D eigenvalue weighted by Gasteiger charge is -2.17. The fourth-order valence-electron chi connectivity index (χ4n) is 4.48. The number of hydrogen-bond donors (Lipinski definition) is 0. The van der Waals surface area contributed by atoms with E-state index in [0.717, 1.165) is 27.4 Å². The van der Waals surface area contributed by atoms with Gasteiger partial charge in [0.25, 0.3) is 0 Å². The van der Waals surface area contributed by atoms with Crippen LogP contribution >= 0.6 is 11.6 Å². The molecule has 4 aromatic rings. The third-order valence-corrected chi connectivity index (χ3v) is 6.81. The van der Waals surface area contributed by atoms with E-state index in [-0.39, 0.29) is 0 Å². The van der Waals surface area contributed by atoms with Gasteiger partial charge in [0, 0.05) is 24.0 Å². The maximum atomic E-state index is 6.26. The van der Waals surface area contributed by atoms with Gasteiger partial charge in [-0.3, -0.25) is 0 Å². The molecule has 244 valence electrons. The molecular weight excluding hydrogens is 600 g/mol. The molecule has 2 heterocycles. The molecule has 11 heteroatoms. The van der Waals surface area contributed by atoms with E-state index in [1.807, 2.05) is 62.4 Å². The van der Waals surface area contributed by atoms with Gasteiger partial charge in [0.1, 0.15) is 29.9 Å². The number of halogens is 1. The van der Waals surface area contributed by atoms with Gasteiger partial charge in [-0.05, 0) is 44.2 Å². The molecule has 10 nitrogen and oxygen atoms in total. The Balaban J connectivity index is 1.43. The smallest absolute Gasteiger partial charge is 0.132 e. The Hall–Kier alpha value is -3.09. The van der Waals surface area contributed by atoms with Crippen LogP contribution in [0, 0.1) is 0 Å². The van der Waals surface area contributed by atoms with Crippen LogP contribution in [0.4, 0.5) is 0 Å². The summed E-state index contributed by atoms with van der Waals surface area (Å²) >= 11 is 6.26. The van der Waals surface area contributed by atoms with Gasteiger partial charge < -0.3 is 37.9 Å². The monoisotopic (exact) mass is 642 g/mol. The van der Waals surface area contributed by atoms with Crippen LogP contribution in [0.15, 0.2) is 54.6 Å². The van der Waals surface area contributed by atoms with Crippen molar-refractivity contribution in [2.45, 2.75) is 13.8 Å². The zero-order valence-electron chi connectivity index (χ0n) is 26.1. The van der Waals surface area contributed by atoms with Crippen molar-refractivity contribution >= 4 is 33.4 Å². The van der Waals surface area contributed by atoms with Crippen LogP contribution in [0.5, 0.6) is 11.5 Å². The fourth-order valence-corrected chi connectivity index (χ4v) is 4.62. The summed E-state index contributed by atoms with van der Waals surface area (Å²) in [5.41, 5.74) is 2.90. The summed E-state index contributed by atoms with van der Waals surface area (Å²) in [4.78, 5) is 9.61. The van der Waals surface area contributed by atoms with Crippen LogP contribution in [0.25, 0.3) is 33.1 Å². The Kier molecular flexibility index (Phi) is 15.5. The van der Waals surface area contributed by atoms with Crippen LogP contribution < -0.4 is 9.47 Å². The summed E-state index contributed by atoms with van der Waals surface area (Å²) in [6, 6.07) is 17.4. The first-order valence-corrected chi connectivity index (χ1v) is 15.8. The van der Waals surface area contributed by atoms with E-state index < -0.39 is 0 Å². The summed E-state index contributed by atoms with van der Waals surface area (Å²) in [5.74, 6) is 1.26. The molecule has 4 rings (SSSR count). The number of nitrogens with zero attached hydrogens (tertiary/aromatic N) is 2. The lowest BCUT2D eigenvalue weighted by molar-refractivity contribution is 0.0110. The highest BCUT2D eigenvalue weighted by molar-refractivity contribution is 6.30. The molecular formula is C34H43ClN2O8. The summed E-state index contributed by atoms with van der Waals surface area (Å²) in [6.07, 6.45) is 0. The molecule has 0 atom stereocenters. The molecule has 0 bridgehead atoms. The minimum Gasteiger partial charge on any atom is -0.490 e. The second-order valence-corrected chi connectivity index (χ2v) is 10.1. The van der Waals surface area contributed by atoms with Gasteiger partial charge in [0.15, 0.2) is 0 Å². The standard InChI is InChI=1S/C34H43ClN2O8/c1-3-38-14-16-40-18-20-42-22-24-44-29-6-5-7-30(45-25-23-43-21-19-41-17-15-39-4-2)32(29)28-12-10-26-8-9-27-11-13-31(35)37-34(27)33(26)36-28/h5-13H,3-4,14-25H2,1-2H3. The Labute approximate surface area is 269 Å². The minimum absolute atomic E-state index is 0.343. The molecule has 0 N–H and O–H groups in total. The number of benzene rings is 2. The molecule has 0 spiro atoms. The molecule has 0 saturated heterocycles. The Bertz CT molecular complexity index is 1400. The van der Waals surface area contributed by atoms with E-state index in [2.05, 4.69) is 4.98 Å². The Morgan fingerprint density at radius 3 is 1.42 bits per heavy atom. The number of fused-ring (bicyclic) bond motifs is 3. The van der Waals surface area contributed by atoms with Crippen molar-refractivity contribution < 1.29 is 37.9 Å². The van der Waals surface area contributed by atoms with Crippen LogP contribution in [0.2, 0.25) is 5.15 Å². The average Bonchev–Trinajstić information content (AvgIpc) is 3.06. The number of ether oxygens (including phenoxy) is 8. The predicted molar refractivity (Wildman–Crippen MR) is 175 cm³/mol. The summed E-state index contributed by atoms with van der Waals surface area (Å²) in [5, 5.41) is 2.32. The molecule has 2 aromatic carbocycles. The highest BCUT2D eigenvalue weighted by Crippen LogP contribution is 2.39. The number of pyridine rings is 2. The molecule has 0 aliphatic carbocycles. The van der Waals surface area contributed by atoms with Crippen molar-refractivity contribution in [1.82, 2.24) is 9.97 Å². The molecule has 0 radical (unpaired) electrons. The van der Waals surface area contributed by atoms with E-state index in [0.29, 0.717) is 115 Å². The number of rotatable bonds is 23. The van der Waals surface area contributed by atoms with Gasteiger partial charge in [0.2, 0.25) is 0 Å². The molecule has 45 heavy (non-hydrogen) atoms. The van der Waals surface area contributed by atoms with E-state index >= 15 is 0 Å². The first-order valence-electron chi connectivity index (χ1n) is 15.4. The number of aromatic nitrogens is 2. The average molecular weight is 643 g/mol. The maximum absolute atomic E-state index is 6.26. The Morgan fingerprint density at radius 1 is 0.489 bits per heavy atom. The van der Waals surface area contributed by atoms with Gasteiger partial charge in [-0.15, -0.1) is 0 Å². The summed E-state index contributed by atoms with van der Waals surface area (Å²) in [6.45, 7) is 11.0. The van der Waals surface area contributed by atoms with Crippen molar-refractivity contribution in [1.29, 1.82) is 0 Å². The highest BCUT2D eigenvalue weighted by Gasteiger charge is 2.17. The van der Waals surface area contributed by atoms with Gasteiger partial charge in [0.05, 0.1) is 88.4 Å². The highest BCUT2D eigenvalue weighted by atomic mass is 35.5. The lowest BCUT2D eigenvalue weighted by Crippen LogP contribution is -2.14. The van der Waals surface area contributed by atoms with Crippen LogP contribution in [-0.4, -0.2) is 102 Å². The van der Waals surface area contributed by atoms with Crippen molar-refractivity contribution in [2.24, 2.45) is 0 Å². The van der Waals surface area contributed by atoms with Gasteiger partial charge in [-0.25, -0.2) is 9.97 Å². The third-order valence-electron chi connectivity index (χ3n) is 6.60. The molecule has 0 amide bonds. The van der Waals surface area contributed by atoms with Gasteiger partial charge in [-0.2, -0.15) is 0 Å². The van der Waals surface area contributed by atoms with E-state index in [4.69, 9.17) is 54.5 Å². The SMILES string of the molecule is CCOCCOCCOCCOc1cccc(OCCOCCOCCOCC)c1-c1ccc2ccc3ccc(Cl)nc3c2n1. The normalized spacial score (nSPS) is 11.4.